The molecule has 1 saturated heterocycles. The van der Waals surface area contributed by atoms with E-state index in [-0.39, 0.29) is 11.0 Å². The van der Waals surface area contributed by atoms with Crippen LogP contribution in [0.1, 0.15) is 55.2 Å². The first-order valence-corrected chi connectivity index (χ1v) is 16.0. The van der Waals surface area contributed by atoms with Crippen molar-refractivity contribution in [3.63, 3.8) is 0 Å². The van der Waals surface area contributed by atoms with Gasteiger partial charge in [0.25, 0.3) is 11.8 Å². The maximum Gasteiger partial charge on any atom is 0.335 e. The fraction of sp³-hybridized carbons (Fsp3) is 0.324. The fourth-order valence-electron chi connectivity index (χ4n) is 7.98. The Hall–Kier alpha value is -3.23. The molecule has 0 unspecified atom stereocenters. The van der Waals surface area contributed by atoms with Crippen molar-refractivity contribution in [1.29, 1.82) is 0 Å². The van der Waals surface area contributed by atoms with E-state index >= 15 is 0 Å². The minimum atomic E-state index is -0.745. The summed E-state index contributed by atoms with van der Waals surface area (Å²) >= 11 is 6.91. The molecule has 8 heteroatoms. The van der Waals surface area contributed by atoms with Crippen molar-refractivity contribution >= 4 is 61.5 Å². The highest BCUT2D eigenvalue weighted by atomic mass is 79.9. The van der Waals surface area contributed by atoms with E-state index in [1.807, 2.05) is 42.5 Å². The highest BCUT2D eigenvalue weighted by molar-refractivity contribution is 9.10. The summed E-state index contributed by atoms with van der Waals surface area (Å²) in [5.74, 6) is 1.59. The summed E-state index contributed by atoms with van der Waals surface area (Å²) in [5.41, 5.74) is 3.36. The summed E-state index contributed by atoms with van der Waals surface area (Å²) < 4.78 is 7.81. The van der Waals surface area contributed by atoms with Crippen LogP contribution in [-0.4, -0.2) is 17.8 Å². The largest absolute Gasteiger partial charge is 0.488 e. The number of carbonyl (C=O) groups is 3. The molecular weight excluding hydrogens is 660 g/mol. The Balaban J connectivity index is 1.15. The van der Waals surface area contributed by atoms with Crippen molar-refractivity contribution in [1.82, 2.24) is 5.32 Å². The number of halogens is 2. The molecule has 0 radical (unpaired) electrons. The Kier molecular flexibility index (Phi) is 7.09. The molecule has 0 spiro atoms. The van der Waals surface area contributed by atoms with Crippen LogP contribution in [0.2, 0.25) is 0 Å². The van der Waals surface area contributed by atoms with Gasteiger partial charge < -0.3 is 4.74 Å². The topological polar surface area (TPSA) is 75.7 Å². The first-order valence-electron chi connectivity index (χ1n) is 14.5. The normalized spacial score (nSPS) is 27.5. The van der Waals surface area contributed by atoms with Crippen molar-refractivity contribution < 1.29 is 19.1 Å². The van der Waals surface area contributed by atoms with Crippen LogP contribution in [0.5, 0.6) is 5.75 Å². The zero-order valence-electron chi connectivity index (χ0n) is 22.9. The van der Waals surface area contributed by atoms with Crippen LogP contribution in [0.25, 0.3) is 6.08 Å². The van der Waals surface area contributed by atoms with Gasteiger partial charge in [0.1, 0.15) is 17.9 Å². The lowest BCUT2D eigenvalue weighted by molar-refractivity contribution is -0.122. The SMILES string of the molecule is O=C1NC(=O)N(c2ccc(C34CC5CC(CC(C5)C3)C4)cc2)C(=O)/C1=C/c1cc(Br)ccc1OCc1ccc(Br)cc1. The number of anilines is 1. The number of hydrogen-bond acceptors (Lipinski definition) is 4. The predicted octanol–water partition coefficient (Wildman–Crippen LogP) is 7.92. The number of nitrogens with zero attached hydrogens (tertiary/aromatic N) is 1. The maximum absolute atomic E-state index is 13.7. The van der Waals surface area contributed by atoms with E-state index in [1.54, 1.807) is 12.1 Å². The molecule has 1 heterocycles. The van der Waals surface area contributed by atoms with Gasteiger partial charge in [0, 0.05) is 14.5 Å². The van der Waals surface area contributed by atoms with E-state index in [1.165, 1.54) is 50.2 Å². The van der Waals surface area contributed by atoms with Gasteiger partial charge in [-0.15, -0.1) is 0 Å². The standard InChI is InChI=1S/C34H30Br2N2O4/c35-26-5-1-20(2-6-26)19-42-30-10-7-27(36)14-24(30)15-29-31(39)37-33(41)38(32(29)40)28-8-3-25(4-9-28)34-16-21-11-22(17-34)13-23(12-21)18-34/h1-10,14-15,21-23H,11-13,16-19H2,(H,37,39,41)/b29-15+. The van der Waals surface area contributed by atoms with Crippen LogP contribution in [-0.2, 0) is 21.6 Å². The molecule has 4 amide bonds. The van der Waals surface area contributed by atoms with E-state index in [0.717, 1.165) is 37.2 Å². The fourth-order valence-corrected chi connectivity index (χ4v) is 8.62. The van der Waals surface area contributed by atoms with Crippen LogP contribution in [0.4, 0.5) is 10.5 Å². The van der Waals surface area contributed by atoms with Crippen LogP contribution >= 0.6 is 31.9 Å². The summed E-state index contributed by atoms with van der Waals surface area (Å²) in [6.45, 7) is 0.311. The second-order valence-corrected chi connectivity index (χ2v) is 14.1. The lowest BCUT2D eigenvalue weighted by Gasteiger charge is -2.57. The summed E-state index contributed by atoms with van der Waals surface area (Å²) in [5, 5.41) is 2.35. The number of nitrogens with one attached hydrogen (secondary N) is 1. The molecule has 0 aromatic heterocycles. The highest BCUT2D eigenvalue weighted by Crippen LogP contribution is 2.60. The van der Waals surface area contributed by atoms with Crippen molar-refractivity contribution in [3.05, 3.63) is 97.9 Å². The first kappa shape index (κ1) is 27.6. The van der Waals surface area contributed by atoms with Crippen molar-refractivity contribution in [2.75, 3.05) is 4.90 Å². The number of hydrogen-bond donors (Lipinski definition) is 1. The Morgan fingerprint density at radius 3 is 2.10 bits per heavy atom. The van der Waals surface area contributed by atoms with Gasteiger partial charge in [-0.2, -0.15) is 0 Å². The van der Waals surface area contributed by atoms with Gasteiger partial charge in [0.15, 0.2) is 0 Å². The second kappa shape index (κ2) is 10.8. The van der Waals surface area contributed by atoms with Crippen molar-refractivity contribution in [3.8, 4) is 5.75 Å². The number of barbiturate groups is 1. The molecule has 5 fully saturated rings. The number of urea groups is 1. The minimum Gasteiger partial charge on any atom is -0.488 e. The molecule has 214 valence electrons. The predicted molar refractivity (Wildman–Crippen MR) is 168 cm³/mol. The van der Waals surface area contributed by atoms with Crippen molar-refractivity contribution in [2.45, 2.75) is 50.5 Å². The summed E-state index contributed by atoms with van der Waals surface area (Å²) in [4.78, 5) is 40.6. The summed E-state index contributed by atoms with van der Waals surface area (Å²) in [7, 11) is 0. The van der Waals surface area contributed by atoms with Crippen molar-refractivity contribution in [2.24, 2.45) is 17.8 Å². The van der Waals surface area contributed by atoms with Gasteiger partial charge in [0.05, 0.1) is 5.69 Å². The average Bonchev–Trinajstić information content (AvgIpc) is 2.95. The number of imide groups is 2. The summed E-state index contributed by atoms with van der Waals surface area (Å²) in [6, 6.07) is 20.3. The van der Waals surface area contributed by atoms with Gasteiger partial charge in [-0.3, -0.25) is 14.9 Å². The molecule has 3 aromatic carbocycles. The Bertz CT molecular complexity index is 1580. The van der Waals surface area contributed by atoms with Gasteiger partial charge in [-0.05, 0) is 121 Å². The number of benzene rings is 3. The quantitative estimate of drug-likeness (QED) is 0.211. The number of carbonyl (C=O) groups excluding carboxylic acids is 3. The number of ether oxygens (including phenoxy) is 1. The molecule has 42 heavy (non-hydrogen) atoms. The molecule has 0 atom stereocenters. The third-order valence-electron chi connectivity index (χ3n) is 9.46. The smallest absolute Gasteiger partial charge is 0.335 e. The molecule has 1 N–H and O–H groups in total. The molecule has 5 aliphatic rings. The second-order valence-electron chi connectivity index (χ2n) is 12.3. The number of rotatable bonds is 6. The van der Waals surface area contributed by atoms with E-state index < -0.39 is 17.8 Å². The maximum atomic E-state index is 13.7. The van der Waals surface area contributed by atoms with E-state index in [2.05, 4.69) is 49.3 Å². The molecule has 3 aromatic rings. The monoisotopic (exact) mass is 688 g/mol. The van der Waals surface area contributed by atoms with Crippen LogP contribution in [0.3, 0.4) is 0 Å². The lowest BCUT2D eigenvalue weighted by Crippen LogP contribution is -2.54. The molecule has 4 bridgehead atoms. The first-order chi connectivity index (χ1) is 20.3. The number of amides is 4. The molecule has 4 saturated carbocycles. The Labute approximate surface area is 261 Å². The van der Waals surface area contributed by atoms with Crippen LogP contribution in [0.15, 0.2) is 81.2 Å². The van der Waals surface area contributed by atoms with Gasteiger partial charge in [0.2, 0.25) is 0 Å². The van der Waals surface area contributed by atoms with E-state index in [0.29, 0.717) is 23.6 Å². The minimum absolute atomic E-state index is 0.133. The Morgan fingerprint density at radius 1 is 0.833 bits per heavy atom. The molecule has 1 aliphatic heterocycles. The van der Waals surface area contributed by atoms with Crippen LogP contribution < -0.4 is 15.0 Å². The molecular formula is C34H30Br2N2O4. The van der Waals surface area contributed by atoms with Crippen LogP contribution in [0, 0.1) is 17.8 Å². The Morgan fingerprint density at radius 2 is 1.45 bits per heavy atom. The molecule has 4 aliphatic carbocycles. The van der Waals surface area contributed by atoms with Gasteiger partial charge >= 0.3 is 6.03 Å². The van der Waals surface area contributed by atoms with E-state index in [9.17, 15) is 14.4 Å². The van der Waals surface area contributed by atoms with Gasteiger partial charge in [-0.25, -0.2) is 9.69 Å². The van der Waals surface area contributed by atoms with E-state index in [4.69, 9.17) is 4.74 Å². The highest BCUT2D eigenvalue weighted by Gasteiger charge is 2.51. The third-order valence-corrected chi connectivity index (χ3v) is 10.5. The summed E-state index contributed by atoms with van der Waals surface area (Å²) in [6.07, 6.45) is 9.32. The molecule has 6 nitrogen and oxygen atoms in total. The van der Waals surface area contributed by atoms with Gasteiger partial charge in [-0.1, -0.05) is 56.1 Å². The molecule has 8 rings (SSSR count). The zero-order valence-corrected chi connectivity index (χ0v) is 26.1. The average molecular weight is 690 g/mol. The lowest BCUT2D eigenvalue weighted by atomic mass is 9.48. The third kappa shape index (κ3) is 5.13. The zero-order chi connectivity index (χ0) is 29.0.